The lowest BCUT2D eigenvalue weighted by molar-refractivity contribution is -0.156. The van der Waals surface area contributed by atoms with Crippen molar-refractivity contribution in [3.05, 3.63) is 89.8 Å². The maximum atomic E-state index is 15.0. The number of carbonyl (C=O) groups excluding carboxylic acids is 17. The van der Waals surface area contributed by atoms with Crippen molar-refractivity contribution in [2.75, 3.05) is 32.0 Å². The number of aliphatic carboxylic acids is 4. The summed E-state index contributed by atoms with van der Waals surface area (Å²) in [4.78, 5) is 292. The number of anilines is 1. The number of carboxylic acids is 4. The van der Waals surface area contributed by atoms with Gasteiger partial charge in [0.2, 0.25) is 82.7 Å². The fourth-order valence-corrected chi connectivity index (χ4v) is 13.0. The van der Waals surface area contributed by atoms with Crippen LogP contribution in [-0.2, 0) is 107 Å². The standard InChI is InChI=1S/C81H111N17O28/c1-5-6-7-8-9-13-16-29-61(102)90-52(32-45-38-85-50-27-20-18-24-47(45)50)74(117)93-53(34-60(83)101)75(118)95-56(37-67(111)112)76(119)98-69-44(4)125-80(123)57(33-59(100)48-25-17-19-26-49(48)82)96-79(122)68(42(2)31-64(105)106)97-77(120)58(41-99)91-63(104)39-86-71(114)54(35-65(107)108)92-70(113)43(3)88-73(116)55(36-66(109)110)94-72(115)51(89-62(103)40-87-78(69)121)28-21-30-84-81(124)126-46-22-14-11-10-12-15-23-46/h14,17-20,22-27,38,42-44,51-58,68-69,85,99H,5-13,15-16,21,28-37,39-41,82H2,1-4H3,(H2,83,101)(H,84,124)(H,86,114)(H,87,121)(H,88,116)(H,89,103)(H,90,102)(H,91,104)(H,92,113)(H,93,117)(H,94,115)(H,95,118)(H,96,122)(H,97,120)(H,98,119)(H,105,106)(H,107,108)(H,109,110)(H,111,112)/t42?,43-,44-,51+,52+,53-,54+,55+,56+,57+,58-,68+,69+/m1/s1. The number of cyclic esters (lactones) is 1. The van der Waals surface area contributed by atoms with E-state index in [2.05, 4.69) is 70.4 Å². The zero-order valence-corrected chi connectivity index (χ0v) is 69.9. The van der Waals surface area contributed by atoms with Crippen LogP contribution in [0.3, 0.4) is 0 Å². The van der Waals surface area contributed by atoms with Crippen LogP contribution in [0.5, 0.6) is 0 Å². The smallest absolute Gasteiger partial charge is 0.412 e. The minimum Gasteiger partial charge on any atom is -0.481 e. The number of hydrogen-bond acceptors (Lipinski definition) is 25. The van der Waals surface area contributed by atoms with E-state index in [1.54, 1.807) is 48.7 Å². The normalized spacial score (nSPS) is 21.0. The van der Waals surface area contributed by atoms with E-state index >= 15 is 0 Å². The van der Waals surface area contributed by atoms with Crippen LogP contribution in [0.1, 0.15) is 172 Å². The number of nitrogens with two attached hydrogens (primary N) is 2. The highest BCUT2D eigenvalue weighted by Crippen LogP contribution is 2.22. The Labute approximate surface area is 721 Å². The molecule has 1 aliphatic heterocycles. The Hall–Kier alpha value is -13.9. The number of Topliss-reactive ketones (excluding diaryl/α,β-unsaturated/α-hetero) is 1. The first-order valence-electron chi connectivity index (χ1n) is 40.9. The molecule has 688 valence electrons. The van der Waals surface area contributed by atoms with Crippen molar-refractivity contribution in [3.63, 3.8) is 0 Å². The van der Waals surface area contributed by atoms with Crippen molar-refractivity contribution in [2.24, 2.45) is 11.7 Å². The minimum atomic E-state index is -2.50. The van der Waals surface area contributed by atoms with Gasteiger partial charge in [0.25, 0.3) is 0 Å². The van der Waals surface area contributed by atoms with Gasteiger partial charge in [-0.25, -0.2) is 9.59 Å². The average molecular weight is 1770 g/mol. The predicted octanol–water partition coefficient (Wildman–Crippen LogP) is -2.84. The van der Waals surface area contributed by atoms with Gasteiger partial charge in [-0.3, -0.25) is 91.1 Å². The van der Waals surface area contributed by atoms with Gasteiger partial charge in [0.05, 0.1) is 51.8 Å². The summed E-state index contributed by atoms with van der Waals surface area (Å²) in [5.74, 6) is -30.1. The number of allylic oxidation sites excluding steroid dienone is 3. The lowest BCUT2D eigenvalue weighted by Gasteiger charge is -2.30. The Balaban J connectivity index is 1.63. The number of aliphatic hydroxyl groups excluding tert-OH is 1. The van der Waals surface area contributed by atoms with Gasteiger partial charge >= 0.3 is 35.9 Å². The number of ketones is 1. The molecule has 45 nitrogen and oxygen atoms in total. The third-order valence-electron chi connectivity index (χ3n) is 19.8. The molecule has 45 heteroatoms. The van der Waals surface area contributed by atoms with E-state index in [9.17, 15) is 126 Å². The molecule has 15 amide bonds. The Morgan fingerprint density at radius 3 is 1.79 bits per heavy atom. The monoisotopic (exact) mass is 1770 g/mol. The first kappa shape index (κ1) is 103. The molecule has 0 spiro atoms. The van der Waals surface area contributed by atoms with Crippen molar-refractivity contribution in [1.29, 1.82) is 0 Å². The Kier molecular flexibility index (Phi) is 42.8. The van der Waals surface area contributed by atoms with Gasteiger partial charge in [-0.05, 0) is 101 Å². The molecule has 0 bridgehead atoms. The number of unbranched alkanes of at least 4 members (excludes halogenated alkanes) is 6. The molecule has 1 saturated heterocycles. The summed E-state index contributed by atoms with van der Waals surface area (Å²) in [6.07, 6.45) is 4.01. The summed E-state index contributed by atoms with van der Waals surface area (Å²) in [5.41, 5.74) is 12.4. The lowest BCUT2D eigenvalue weighted by atomic mass is 9.96. The summed E-state index contributed by atoms with van der Waals surface area (Å²) in [6.45, 7) is 0.827. The molecule has 2 aliphatic rings. The number of primary amides is 1. The van der Waals surface area contributed by atoms with Gasteiger partial charge < -0.3 is 126 Å². The number of nitrogens with one attached hydrogen (secondary N) is 15. The van der Waals surface area contributed by atoms with Crippen LogP contribution in [0.4, 0.5) is 10.5 Å². The SMILES string of the molecule is CCCCCCCCCC(=O)N[C@@H](Cc1c[nH]c2ccccc12)C(=O)N[C@H](CC(N)=O)C(=O)N[C@@H](CC(=O)O)C(=O)N[C@@H]1C(=O)NCC(=O)N[C@@H](CCCNC(=O)OC2=CCCCCC=C2)C(=O)N[C@@H](CC(=O)O)C(=O)N[C@H](C)C(=O)N[C@@H](CC(=O)O)C(=O)NCC(=O)N[C@H](CO)C(=O)N[C@@H](C(C)CC(=O)O)C(=O)N[C@@H](CC(=O)c2ccccc2N)C(=O)O[C@@H]1C. The van der Waals surface area contributed by atoms with E-state index in [0.29, 0.717) is 42.1 Å². The van der Waals surface area contributed by atoms with Crippen molar-refractivity contribution in [2.45, 2.75) is 235 Å². The summed E-state index contributed by atoms with van der Waals surface area (Å²) in [6, 6.07) is -11.1. The summed E-state index contributed by atoms with van der Waals surface area (Å²) >= 11 is 0. The molecule has 126 heavy (non-hydrogen) atoms. The lowest BCUT2D eigenvalue weighted by Crippen LogP contribution is -2.62. The summed E-state index contributed by atoms with van der Waals surface area (Å²) in [5, 5.41) is 81.7. The second-order valence-corrected chi connectivity index (χ2v) is 30.1. The molecule has 2 aromatic carbocycles. The maximum Gasteiger partial charge on any atom is 0.412 e. The number of H-pyrrole nitrogens is 1. The molecule has 1 unspecified atom stereocenters. The minimum absolute atomic E-state index is 0.0303. The molecule has 0 saturated carbocycles. The van der Waals surface area contributed by atoms with Crippen LogP contribution in [0.25, 0.3) is 10.9 Å². The first-order valence-corrected chi connectivity index (χ1v) is 40.9. The molecular formula is C81H111N17O28. The third kappa shape index (κ3) is 35.9. The summed E-state index contributed by atoms with van der Waals surface area (Å²) < 4.78 is 11.1. The number of carbonyl (C=O) groups is 21. The van der Waals surface area contributed by atoms with E-state index in [1.165, 1.54) is 24.3 Å². The first-order chi connectivity index (χ1) is 59.8. The molecule has 3 aromatic rings. The fourth-order valence-electron chi connectivity index (χ4n) is 13.0. The molecule has 1 aromatic heterocycles. The number of aliphatic hydroxyl groups is 1. The second kappa shape index (κ2) is 52.5. The van der Waals surface area contributed by atoms with Crippen molar-refractivity contribution < 1.29 is 136 Å². The number of rotatable bonds is 37. The molecule has 0 radical (unpaired) electrons. The highest BCUT2D eigenvalue weighted by Gasteiger charge is 2.41. The Morgan fingerprint density at radius 1 is 0.571 bits per heavy atom. The molecule has 1 aliphatic carbocycles. The maximum absolute atomic E-state index is 15.0. The second-order valence-electron chi connectivity index (χ2n) is 30.1. The van der Waals surface area contributed by atoms with Gasteiger partial charge in [0.15, 0.2) is 5.78 Å². The van der Waals surface area contributed by atoms with Crippen LogP contribution in [0.2, 0.25) is 0 Å². The predicted molar refractivity (Wildman–Crippen MR) is 441 cm³/mol. The fraction of sp³-hybridized carbons (Fsp3) is 0.519. The van der Waals surface area contributed by atoms with E-state index < -0.39 is 268 Å². The number of carboxylic acid groups (broad SMARTS) is 4. The Morgan fingerprint density at radius 2 is 1.14 bits per heavy atom. The number of benzene rings is 2. The van der Waals surface area contributed by atoms with Crippen LogP contribution in [-0.4, -0.2) is 254 Å². The number of para-hydroxylation sites is 2. The third-order valence-corrected chi connectivity index (χ3v) is 19.8. The zero-order chi connectivity index (χ0) is 93.3. The zero-order valence-electron chi connectivity index (χ0n) is 69.9. The van der Waals surface area contributed by atoms with Crippen molar-refractivity contribution in [1.82, 2.24) is 79.4 Å². The number of amides is 15. The van der Waals surface area contributed by atoms with Crippen molar-refractivity contribution in [3.8, 4) is 0 Å². The molecule has 5 rings (SSSR count). The van der Waals surface area contributed by atoms with Gasteiger partial charge in [-0.1, -0.05) is 88.8 Å². The van der Waals surface area contributed by atoms with Gasteiger partial charge in [0, 0.05) is 54.2 Å². The van der Waals surface area contributed by atoms with E-state index in [0.717, 1.165) is 65.7 Å². The van der Waals surface area contributed by atoms with E-state index in [1.807, 2.05) is 16.0 Å². The molecule has 13 atom stereocenters. The number of fused-ring (bicyclic) bond motifs is 1. The van der Waals surface area contributed by atoms with E-state index in [4.69, 9.17) is 20.9 Å². The number of alkyl carbamates (subject to hydrolysis) is 1. The number of ether oxygens (including phenoxy) is 2. The van der Waals surface area contributed by atoms with Gasteiger partial charge in [-0.15, -0.1) is 0 Å². The molecule has 24 N–H and O–H groups in total. The Bertz CT molecular complexity index is 4510. The number of hydrogen-bond donors (Lipinski definition) is 22. The largest absolute Gasteiger partial charge is 0.481 e. The number of aromatic amines is 1. The molecule has 2 heterocycles. The van der Waals surface area contributed by atoms with Crippen LogP contribution in [0.15, 0.2) is 78.7 Å². The van der Waals surface area contributed by atoms with Crippen LogP contribution >= 0.6 is 0 Å². The molecular weight excluding hydrogens is 1660 g/mol. The van der Waals surface area contributed by atoms with E-state index in [-0.39, 0.29) is 42.8 Å². The number of aromatic nitrogens is 1. The average Bonchev–Trinajstić information content (AvgIpc) is 1.60. The highest BCUT2D eigenvalue weighted by atomic mass is 16.6. The van der Waals surface area contributed by atoms with Gasteiger partial charge in [-0.2, -0.15) is 0 Å². The highest BCUT2D eigenvalue weighted by molar-refractivity contribution is 6.05. The summed E-state index contributed by atoms with van der Waals surface area (Å²) in [7, 11) is 0. The molecule has 1 fully saturated rings. The van der Waals surface area contributed by atoms with Gasteiger partial charge in [0.1, 0.15) is 78.3 Å². The quantitative estimate of drug-likeness (QED) is 0.0120. The topological polar surface area (TPSA) is 714 Å². The number of nitrogen functional groups attached to an aromatic ring is 1. The van der Waals surface area contributed by atoms with Crippen LogP contribution in [0, 0.1) is 5.92 Å². The van der Waals surface area contributed by atoms with Crippen LogP contribution < -0.4 is 85.9 Å². The van der Waals surface area contributed by atoms with Crippen molar-refractivity contribution >= 4 is 141 Å². The number of esters is 1.